The van der Waals surface area contributed by atoms with Crippen molar-refractivity contribution in [1.29, 1.82) is 0 Å². The number of hydrogen-bond donors (Lipinski definition) is 3. The van der Waals surface area contributed by atoms with Gasteiger partial charge in [0.1, 0.15) is 0 Å². The van der Waals surface area contributed by atoms with E-state index in [1.807, 2.05) is 6.07 Å². The molecule has 1 aromatic carbocycles. The fraction of sp³-hybridized carbons (Fsp3) is 0.267. The van der Waals surface area contributed by atoms with E-state index in [0.717, 1.165) is 28.7 Å². The summed E-state index contributed by atoms with van der Waals surface area (Å²) in [7, 11) is 0. The third-order valence-corrected chi connectivity index (χ3v) is 7.50. The van der Waals surface area contributed by atoms with Crippen molar-refractivity contribution in [2.24, 2.45) is 10.7 Å². The van der Waals surface area contributed by atoms with Crippen molar-refractivity contribution >= 4 is 32.9 Å². The van der Waals surface area contributed by atoms with E-state index in [0.29, 0.717) is 10.6 Å². The Morgan fingerprint density at radius 1 is 1.41 bits per heavy atom. The number of nitrogens with two attached hydrogens (primary N) is 1. The van der Waals surface area contributed by atoms with Gasteiger partial charge in [-0.2, -0.15) is 0 Å². The SMILES string of the molecule is NC1=C2[Se]C3C(=C2NC=N1)CCNC3c1ccc(F)c(Cl)c1. The molecule has 1 saturated heterocycles. The third-order valence-electron chi connectivity index (χ3n) is 4.15. The van der Waals surface area contributed by atoms with Crippen molar-refractivity contribution in [3.05, 3.63) is 56.2 Å². The maximum absolute atomic E-state index is 13.4. The molecule has 1 aromatic rings. The number of allylic oxidation sites excluding steroid dienone is 1. The molecule has 4 N–H and O–H groups in total. The standard InChI is InChI=1S/C15H14ClFN4Se/c16-9-5-7(1-2-10(9)17)11-13-8(3-4-19-11)12-14(22-13)15(18)21-6-20-12/h1-2,5-6,11,13,19H,3-4,18H2,(H,20,21). The first kappa shape index (κ1) is 14.3. The number of halogens is 2. The van der Waals surface area contributed by atoms with Gasteiger partial charge in [-0.3, -0.25) is 0 Å². The van der Waals surface area contributed by atoms with E-state index in [4.69, 9.17) is 17.3 Å². The number of piperidine rings is 1. The Hall–Kier alpha value is -1.33. The van der Waals surface area contributed by atoms with E-state index >= 15 is 0 Å². The van der Waals surface area contributed by atoms with E-state index < -0.39 is 0 Å². The number of aliphatic imine (C=N–C) groups is 1. The topological polar surface area (TPSA) is 62.4 Å². The van der Waals surface area contributed by atoms with Gasteiger partial charge in [-0.05, 0) is 0 Å². The molecule has 2 atom stereocenters. The Kier molecular flexibility index (Phi) is 3.50. The van der Waals surface area contributed by atoms with E-state index in [2.05, 4.69) is 15.6 Å². The summed E-state index contributed by atoms with van der Waals surface area (Å²) >= 11 is 6.14. The third kappa shape index (κ3) is 2.18. The second-order valence-electron chi connectivity index (χ2n) is 5.41. The van der Waals surface area contributed by atoms with Gasteiger partial charge in [-0.25, -0.2) is 0 Å². The zero-order valence-electron chi connectivity index (χ0n) is 11.6. The predicted octanol–water partition coefficient (Wildman–Crippen LogP) is 2.03. The van der Waals surface area contributed by atoms with E-state index in [-0.39, 0.29) is 31.8 Å². The van der Waals surface area contributed by atoms with Gasteiger partial charge in [0.15, 0.2) is 0 Å². The number of rotatable bonds is 1. The van der Waals surface area contributed by atoms with Gasteiger partial charge in [0.2, 0.25) is 0 Å². The van der Waals surface area contributed by atoms with Crippen molar-refractivity contribution in [3.63, 3.8) is 0 Å². The summed E-state index contributed by atoms with van der Waals surface area (Å²) in [6.07, 6.45) is 2.65. The van der Waals surface area contributed by atoms with Crippen LogP contribution in [0.2, 0.25) is 9.84 Å². The van der Waals surface area contributed by atoms with Gasteiger partial charge in [-0.1, -0.05) is 0 Å². The predicted molar refractivity (Wildman–Crippen MR) is 86.1 cm³/mol. The second kappa shape index (κ2) is 5.39. The Morgan fingerprint density at radius 3 is 3.09 bits per heavy atom. The van der Waals surface area contributed by atoms with Gasteiger partial charge in [0, 0.05) is 0 Å². The summed E-state index contributed by atoms with van der Waals surface area (Å²) in [5, 5.41) is 6.97. The van der Waals surface area contributed by atoms with Crippen molar-refractivity contribution < 1.29 is 4.39 Å². The molecule has 114 valence electrons. The van der Waals surface area contributed by atoms with Crippen LogP contribution in [0, 0.1) is 5.82 Å². The number of benzene rings is 1. The van der Waals surface area contributed by atoms with Crippen molar-refractivity contribution in [3.8, 4) is 0 Å². The molecule has 0 bridgehead atoms. The molecule has 0 radical (unpaired) electrons. The molecule has 0 aliphatic carbocycles. The van der Waals surface area contributed by atoms with E-state index in [1.54, 1.807) is 12.4 Å². The van der Waals surface area contributed by atoms with Crippen LogP contribution in [-0.2, 0) is 0 Å². The number of hydrogen-bond acceptors (Lipinski definition) is 4. The van der Waals surface area contributed by atoms with Gasteiger partial charge in [-0.15, -0.1) is 0 Å². The molecule has 0 saturated carbocycles. The average Bonchev–Trinajstić information content (AvgIpc) is 2.90. The summed E-state index contributed by atoms with van der Waals surface area (Å²) in [6.45, 7) is 0.886. The number of nitrogens with one attached hydrogen (secondary N) is 2. The number of nitrogens with zero attached hydrogens (tertiary/aromatic N) is 1. The quantitative estimate of drug-likeness (QED) is 0.650. The van der Waals surface area contributed by atoms with Crippen LogP contribution in [-0.4, -0.2) is 27.8 Å². The monoisotopic (exact) mass is 384 g/mol. The second-order valence-corrected chi connectivity index (χ2v) is 8.23. The summed E-state index contributed by atoms with van der Waals surface area (Å²) in [5.74, 6) is 0.235. The molecule has 1 fully saturated rings. The molecule has 0 spiro atoms. The van der Waals surface area contributed by atoms with Crippen molar-refractivity contribution in [2.75, 3.05) is 6.54 Å². The van der Waals surface area contributed by atoms with E-state index in [9.17, 15) is 4.39 Å². The Morgan fingerprint density at radius 2 is 2.27 bits per heavy atom. The fourth-order valence-electron chi connectivity index (χ4n) is 3.12. The Labute approximate surface area is 138 Å². The summed E-state index contributed by atoms with van der Waals surface area (Å²) in [6, 6.07) is 5.11. The minimum atomic E-state index is -0.382. The van der Waals surface area contributed by atoms with Crippen LogP contribution < -0.4 is 16.4 Å². The van der Waals surface area contributed by atoms with Crippen LogP contribution in [0.5, 0.6) is 0 Å². The molecule has 4 rings (SSSR count). The van der Waals surface area contributed by atoms with Crippen molar-refractivity contribution in [2.45, 2.75) is 17.3 Å². The Balaban J connectivity index is 1.74. The first-order chi connectivity index (χ1) is 10.6. The molecular weight excluding hydrogens is 370 g/mol. The average molecular weight is 384 g/mol. The van der Waals surface area contributed by atoms with Gasteiger partial charge in [0.05, 0.1) is 0 Å². The molecule has 4 nitrogen and oxygen atoms in total. The number of fused-ring (bicyclic) bond motifs is 2. The molecule has 0 aromatic heterocycles. The zero-order valence-corrected chi connectivity index (χ0v) is 14.0. The first-order valence-electron chi connectivity index (χ1n) is 7.02. The van der Waals surface area contributed by atoms with Crippen molar-refractivity contribution in [1.82, 2.24) is 10.6 Å². The maximum atomic E-state index is 13.4. The summed E-state index contributed by atoms with van der Waals surface area (Å²) in [5.41, 5.74) is 9.60. The van der Waals surface area contributed by atoms with Gasteiger partial charge >= 0.3 is 139 Å². The summed E-state index contributed by atoms with van der Waals surface area (Å²) < 4.78 is 14.6. The molecular formula is C15H14ClFN4Se. The van der Waals surface area contributed by atoms with E-state index in [1.165, 1.54) is 11.6 Å². The van der Waals surface area contributed by atoms with Gasteiger partial charge < -0.3 is 0 Å². The minimum absolute atomic E-state index is 0.141. The van der Waals surface area contributed by atoms with Crippen LogP contribution in [0.3, 0.4) is 0 Å². The molecule has 3 heterocycles. The zero-order chi connectivity index (χ0) is 15.3. The van der Waals surface area contributed by atoms with Crippen LogP contribution in [0.1, 0.15) is 18.0 Å². The van der Waals surface area contributed by atoms with Crippen LogP contribution in [0.25, 0.3) is 0 Å². The fourth-order valence-corrected chi connectivity index (χ4v) is 6.46. The van der Waals surface area contributed by atoms with Gasteiger partial charge in [0.25, 0.3) is 0 Å². The van der Waals surface area contributed by atoms with Crippen LogP contribution in [0.4, 0.5) is 4.39 Å². The summed E-state index contributed by atoms with van der Waals surface area (Å²) in [4.78, 5) is 4.53. The first-order valence-corrected chi connectivity index (χ1v) is 9.24. The Bertz CT molecular complexity index is 743. The van der Waals surface area contributed by atoms with Crippen LogP contribution >= 0.6 is 11.6 Å². The molecule has 7 heteroatoms. The van der Waals surface area contributed by atoms with Crippen LogP contribution in [0.15, 0.2) is 44.8 Å². The normalized spacial score (nSPS) is 26.8. The molecule has 0 amide bonds. The molecule has 3 aliphatic heterocycles. The molecule has 2 unspecified atom stereocenters. The molecule has 3 aliphatic rings. The molecule has 22 heavy (non-hydrogen) atoms.